The average molecular weight is 294 g/mol. The van der Waals surface area contributed by atoms with Crippen molar-refractivity contribution in [3.05, 3.63) is 58.9 Å². The highest BCUT2D eigenvalue weighted by molar-refractivity contribution is 6.30. The second-order valence-corrected chi connectivity index (χ2v) is 4.47. The van der Waals surface area contributed by atoms with E-state index in [0.29, 0.717) is 28.6 Å². The molecule has 0 heterocycles. The number of anilines is 1. The maximum absolute atomic E-state index is 13.2. The highest BCUT2D eigenvalue weighted by Gasteiger charge is 2.10. The van der Waals surface area contributed by atoms with Crippen LogP contribution in [0.4, 0.5) is 10.1 Å². The number of rotatable bonds is 4. The lowest BCUT2D eigenvalue weighted by molar-refractivity contribution is 0.102. The Kier molecular flexibility index (Phi) is 4.58. The van der Waals surface area contributed by atoms with Crippen molar-refractivity contribution in [2.24, 2.45) is 0 Å². The Morgan fingerprint density at radius 1 is 1.25 bits per heavy atom. The number of ether oxygens (including phenoxy) is 1. The molecule has 1 amide bonds. The molecule has 0 unspecified atom stereocenters. The molecule has 104 valence electrons. The molecule has 5 heteroatoms. The fourth-order valence-corrected chi connectivity index (χ4v) is 1.80. The summed E-state index contributed by atoms with van der Waals surface area (Å²) < 4.78 is 18.5. The quantitative estimate of drug-likeness (QED) is 0.920. The summed E-state index contributed by atoms with van der Waals surface area (Å²) >= 11 is 5.77. The molecule has 0 saturated carbocycles. The fourth-order valence-electron chi connectivity index (χ4n) is 1.67. The Hall–Kier alpha value is -2.07. The van der Waals surface area contributed by atoms with Crippen molar-refractivity contribution in [3.8, 4) is 5.75 Å². The zero-order chi connectivity index (χ0) is 14.5. The van der Waals surface area contributed by atoms with E-state index in [1.165, 1.54) is 18.2 Å². The Morgan fingerprint density at radius 2 is 1.95 bits per heavy atom. The van der Waals surface area contributed by atoms with Gasteiger partial charge in [0.05, 0.1) is 12.3 Å². The van der Waals surface area contributed by atoms with Gasteiger partial charge in [0.2, 0.25) is 0 Å². The standard InChI is InChI=1S/C15H13ClFNO2/c1-2-20-14-9-12(17)7-8-13(14)18-15(19)10-3-5-11(16)6-4-10/h3-9H,2H2,1H3,(H,18,19). The number of halogens is 2. The molecule has 0 saturated heterocycles. The van der Waals surface area contributed by atoms with E-state index >= 15 is 0 Å². The summed E-state index contributed by atoms with van der Waals surface area (Å²) in [7, 11) is 0. The molecule has 0 fully saturated rings. The second kappa shape index (κ2) is 6.39. The first-order valence-corrected chi connectivity index (χ1v) is 6.47. The number of carbonyl (C=O) groups excluding carboxylic acids is 1. The van der Waals surface area contributed by atoms with Crippen molar-refractivity contribution < 1.29 is 13.9 Å². The zero-order valence-electron chi connectivity index (χ0n) is 10.8. The molecule has 0 radical (unpaired) electrons. The van der Waals surface area contributed by atoms with Gasteiger partial charge in [-0.3, -0.25) is 4.79 Å². The van der Waals surface area contributed by atoms with E-state index in [4.69, 9.17) is 16.3 Å². The highest BCUT2D eigenvalue weighted by atomic mass is 35.5. The minimum Gasteiger partial charge on any atom is -0.492 e. The largest absolute Gasteiger partial charge is 0.492 e. The number of benzene rings is 2. The van der Waals surface area contributed by atoms with Crippen molar-refractivity contribution in [1.29, 1.82) is 0 Å². The molecule has 0 spiro atoms. The van der Waals surface area contributed by atoms with Crippen molar-refractivity contribution >= 4 is 23.2 Å². The van der Waals surface area contributed by atoms with Gasteiger partial charge in [-0.2, -0.15) is 0 Å². The third-order valence-electron chi connectivity index (χ3n) is 2.60. The molecule has 0 aromatic heterocycles. The molecular formula is C15H13ClFNO2. The predicted molar refractivity (Wildman–Crippen MR) is 77.0 cm³/mol. The summed E-state index contributed by atoms with van der Waals surface area (Å²) in [6, 6.07) is 10.5. The van der Waals surface area contributed by atoms with E-state index in [0.717, 1.165) is 0 Å². The Balaban J connectivity index is 2.21. The smallest absolute Gasteiger partial charge is 0.255 e. The highest BCUT2D eigenvalue weighted by Crippen LogP contribution is 2.26. The van der Waals surface area contributed by atoms with Crippen LogP contribution in [0.5, 0.6) is 5.75 Å². The minimum absolute atomic E-state index is 0.301. The molecule has 0 bridgehead atoms. The summed E-state index contributed by atoms with van der Waals surface area (Å²) in [5.74, 6) is -0.429. The van der Waals surface area contributed by atoms with Crippen LogP contribution in [-0.2, 0) is 0 Å². The molecule has 2 aromatic carbocycles. The van der Waals surface area contributed by atoms with Crippen LogP contribution in [0.2, 0.25) is 5.02 Å². The van der Waals surface area contributed by atoms with Crippen molar-refractivity contribution in [2.45, 2.75) is 6.92 Å². The van der Waals surface area contributed by atoms with Gasteiger partial charge in [0.1, 0.15) is 11.6 Å². The lowest BCUT2D eigenvalue weighted by Crippen LogP contribution is -2.13. The zero-order valence-corrected chi connectivity index (χ0v) is 11.6. The van der Waals surface area contributed by atoms with E-state index in [1.54, 1.807) is 31.2 Å². The Labute approximate surface area is 121 Å². The van der Waals surface area contributed by atoms with Crippen LogP contribution in [0, 0.1) is 5.82 Å². The van der Waals surface area contributed by atoms with Crippen molar-refractivity contribution in [3.63, 3.8) is 0 Å². The molecule has 0 aliphatic rings. The Morgan fingerprint density at radius 3 is 2.60 bits per heavy atom. The molecule has 0 atom stereocenters. The average Bonchev–Trinajstić information content (AvgIpc) is 2.43. The third kappa shape index (κ3) is 3.48. The van der Waals surface area contributed by atoms with Gasteiger partial charge in [0.15, 0.2) is 0 Å². The van der Waals surface area contributed by atoms with Crippen LogP contribution >= 0.6 is 11.6 Å². The van der Waals surface area contributed by atoms with Gasteiger partial charge in [0, 0.05) is 16.7 Å². The first kappa shape index (κ1) is 14.3. The predicted octanol–water partition coefficient (Wildman–Crippen LogP) is 4.13. The van der Waals surface area contributed by atoms with Gasteiger partial charge < -0.3 is 10.1 Å². The van der Waals surface area contributed by atoms with Crippen LogP contribution < -0.4 is 10.1 Å². The number of nitrogens with one attached hydrogen (secondary N) is 1. The first-order valence-electron chi connectivity index (χ1n) is 6.09. The van der Waals surface area contributed by atoms with E-state index < -0.39 is 5.82 Å². The molecule has 3 nitrogen and oxygen atoms in total. The molecule has 2 rings (SSSR count). The maximum atomic E-state index is 13.2. The van der Waals surface area contributed by atoms with Gasteiger partial charge in [-0.05, 0) is 43.3 Å². The van der Waals surface area contributed by atoms with Crippen LogP contribution in [0.25, 0.3) is 0 Å². The maximum Gasteiger partial charge on any atom is 0.255 e. The SMILES string of the molecule is CCOc1cc(F)ccc1NC(=O)c1ccc(Cl)cc1. The normalized spacial score (nSPS) is 10.2. The lowest BCUT2D eigenvalue weighted by Gasteiger charge is -2.11. The molecule has 2 aromatic rings. The van der Waals surface area contributed by atoms with E-state index in [2.05, 4.69) is 5.32 Å². The monoisotopic (exact) mass is 293 g/mol. The van der Waals surface area contributed by atoms with Gasteiger partial charge >= 0.3 is 0 Å². The summed E-state index contributed by atoms with van der Waals surface area (Å²) in [4.78, 5) is 12.1. The number of hydrogen-bond donors (Lipinski definition) is 1. The van der Waals surface area contributed by atoms with Gasteiger partial charge in [-0.15, -0.1) is 0 Å². The summed E-state index contributed by atoms with van der Waals surface area (Å²) in [5, 5.41) is 3.24. The molecular weight excluding hydrogens is 281 g/mol. The lowest BCUT2D eigenvalue weighted by atomic mass is 10.2. The molecule has 20 heavy (non-hydrogen) atoms. The molecule has 0 aliphatic heterocycles. The van der Waals surface area contributed by atoms with E-state index in [9.17, 15) is 9.18 Å². The van der Waals surface area contributed by atoms with Crippen molar-refractivity contribution in [1.82, 2.24) is 0 Å². The number of hydrogen-bond acceptors (Lipinski definition) is 2. The summed E-state index contributed by atoms with van der Waals surface area (Å²) in [5.41, 5.74) is 0.884. The number of amides is 1. The van der Waals surface area contributed by atoms with Gasteiger partial charge in [-0.1, -0.05) is 11.6 Å². The topological polar surface area (TPSA) is 38.3 Å². The number of carbonyl (C=O) groups is 1. The van der Waals surface area contributed by atoms with Crippen LogP contribution in [0.15, 0.2) is 42.5 Å². The third-order valence-corrected chi connectivity index (χ3v) is 2.85. The van der Waals surface area contributed by atoms with E-state index in [1.807, 2.05) is 0 Å². The van der Waals surface area contributed by atoms with Crippen LogP contribution in [-0.4, -0.2) is 12.5 Å². The second-order valence-electron chi connectivity index (χ2n) is 4.03. The minimum atomic E-state index is -0.419. The van der Waals surface area contributed by atoms with E-state index in [-0.39, 0.29) is 5.91 Å². The molecule has 1 N–H and O–H groups in total. The van der Waals surface area contributed by atoms with Crippen LogP contribution in [0.1, 0.15) is 17.3 Å². The summed E-state index contributed by atoms with van der Waals surface area (Å²) in [6.45, 7) is 2.17. The van der Waals surface area contributed by atoms with Crippen LogP contribution in [0.3, 0.4) is 0 Å². The Bertz CT molecular complexity index is 614. The first-order chi connectivity index (χ1) is 9.60. The van der Waals surface area contributed by atoms with Crippen molar-refractivity contribution in [2.75, 3.05) is 11.9 Å². The molecule has 0 aliphatic carbocycles. The summed E-state index contributed by atoms with van der Waals surface area (Å²) in [6.07, 6.45) is 0. The fraction of sp³-hybridized carbons (Fsp3) is 0.133. The van der Waals surface area contributed by atoms with Gasteiger partial charge in [0.25, 0.3) is 5.91 Å². The van der Waals surface area contributed by atoms with Gasteiger partial charge in [-0.25, -0.2) is 4.39 Å².